The molecule has 3 fully saturated rings. The number of hydrogen-bond donors (Lipinski definition) is 1. The lowest BCUT2D eigenvalue weighted by molar-refractivity contribution is -0.308. The van der Waals surface area contributed by atoms with Gasteiger partial charge in [-0.1, -0.05) is 6.07 Å². The fraction of sp³-hybridized carbons (Fsp3) is 0.720. The molecule has 1 aromatic carbocycles. The highest BCUT2D eigenvalue weighted by atomic mass is 19.4. The number of amides is 1. The van der Waals surface area contributed by atoms with Crippen LogP contribution in [0.2, 0.25) is 0 Å². The van der Waals surface area contributed by atoms with Crippen LogP contribution in [-0.4, -0.2) is 78.7 Å². The summed E-state index contributed by atoms with van der Waals surface area (Å²) >= 11 is 0. The number of likely N-dealkylation sites (tertiary alicyclic amines) is 2. The van der Waals surface area contributed by atoms with Crippen LogP contribution in [0, 0.1) is 0 Å². The van der Waals surface area contributed by atoms with E-state index in [1.54, 1.807) is 0 Å². The summed E-state index contributed by atoms with van der Waals surface area (Å²) < 4.78 is 127. The number of hydrogen-bond acceptors (Lipinski definition) is 5. The fourth-order valence-corrected chi connectivity index (χ4v) is 5.68. The van der Waals surface area contributed by atoms with Crippen molar-refractivity contribution in [1.29, 1.82) is 0 Å². The number of rotatable bonds is 5. The first-order valence-electron chi connectivity index (χ1n) is 13.0. The molecule has 226 valence electrons. The van der Waals surface area contributed by atoms with E-state index in [0.717, 1.165) is 23.5 Å². The fourth-order valence-electron chi connectivity index (χ4n) is 5.68. The molecule has 0 unspecified atom stereocenters. The van der Waals surface area contributed by atoms with E-state index in [1.807, 2.05) is 0 Å². The van der Waals surface area contributed by atoms with E-state index in [9.17, 15) is 44.3 Å². The summed E-state index contributed by atoms with van der Waals surface area (Å²) in [5.74, 6) is 0.134. The lowest BCUT2D eigenvalue weighted by Gasteiger charge is -2.45. The molecular weight excluding hydrogens is 561 g/mol. The minimum atomic E-state index is -5.80. The summed E-state index contributed by atoms with van der Waals surface area (Å²) in [6.07, 6.45) is -19.1. The van der Waals surface area contributed by atoms with Gasteiger partial charge >= 0.3 is 24.6 Å². The number of ether oxygens (including phenoxy) is 2. The maximum Gasteiger partial charge on any atom is 0.434 e. The van der Waals surface area contributed by atoms with Crippen LogP contribution in [0.1, 0.15) is 49.7 Å². The third-order valence-corrected chi connectivity index (χ3v) is 7.84. The van der Waals surface area contributed by atoms with Gasteiger partial charge in [0.15, 0.2) is 0 Å². The van der Waals surface area contributed by atoms with Gasteiger partial charge in [0.2, 0.25) is 0 Å². The molecule has 3 saturated heterocycles. The minimum Gasteiger partial charge on any atom is -0.490 e. The Morgan fingerprint density at radius 2 is 1.57 bits per heavy atom. The van der Waals surface area contributed by atoms with E-state index < -0.39 is 41.8 Å². The number of halogens is 9. The molecule has 1 aromatic rings. The van der Waals surface area contributed by atoms with Gasteiger partial charge in [-0.15, -0.1) is 0 Å². The van der Waals surface area contributed by atoms with Crippen LogP contribution in [0.3, 0.4) is 0 Å². The van der Waals surface area contributed by atoms with Crippen LogP contribution in [-0.2, 0) is 17.5 Å². The molecule has 1 N–H and O–H groups in total. The predicted octanol–water partition coefficient (Wildman–Crippen LogP) is 5.90. The number of benzene rings is 1. The highest BCUT2D eigenvalue weighted by molar-refractivity contribution is 5.68. The Bertz CT molecular complexity index is 1020. The second-order valence-corrected chi connectivity index (χ2v) is 10.5. The smallest absolute Gasteiger partial charge is 0.434 e. The van der Waals surface area contributed by atoms with E-state index in [-0.39, 0.29) is 44.3 Å². The molecule has 3 heterocycles. The van der Waals surface area contributed by atoms with Crippen molar-refractivity contribution in [1.82, 2.24) is 15.1 Å². The van der Waals surface area contributed by atoms with E-state index >= 15 is 0 Å². The van der Waals surface area contributed by atoms with E-state index in [1.165, 1.54) is 6.07 Å². The molecule has 40 heavy (non-hydrogen) atoms. The van der Waals surface area contributed by atoms with Gasteiger partial charge < -0.3 is 19.7 Å². The van der Waals surface area contributed by atoms with Gasteiger partial charge in [0.25, 0.3) is 6.10 Å². The molecule has 1 amide bonds. The van der Waals surface area contributed by atoms with Gasteiger partial charge in [0, 0.05) is 30.7 Å². The molecule has 4 rings (SSSR count). The standard InChI is InChI=1S/C25H30F9N3O3/c26-23(27,28)17-3-2-16(19(14-17)39-18-4-9-35-10-5-18)15-37-11-1-6-22(37)7-12-36(13-8-22)21(38)40-20(24(29,30)31)25(32,33)34/h2-3,14,18,20,35H,1,4-13,15H2. The normalized spacial score (nSPS) is 21.3. The zero-order valence-corrected chi connectivity index (χ0v) is 21.4. The van der Waals surface area contributed by atoms with Gasteiger partial charge in [0.05, 0.1) is 5.56 Å². The predicted molar refractivity (Wildman–Crippen MR) is 124 cm³/mol. The topological polar surface area (TPSA) is 54.0 Å². The van der Waals surface area contributed by atoms with Crippen molar-refractivity contribution in [3.8, 4) is 5.75 Å². The summed E-state index contributed by atoms with van der Waals surface area (Å²) in [5.41, 5.74) is -0.800. The first kappa shape index (κ1) is 30.5. The summed E-state index contributed by atoms with van der Waals surface area (Å²) in [6.45, 7) is 1.95. The molecule has 0 atom stereocenters. The average Bonchev–Trinajstić information content (AvgIpc) is 3.23. The summed E-state index contributed by atoms with van der Waals surface area (Å²) in [6, 6.07) is 3.37. The monoisotopic (exact) mass is 591 g/mol. The number of nitrogens with zero attached hydrogens (tertiary/aromatic N) is 2. The zero-order valence-electron chi connectivity index (χ0n) is 21.4. The van der Waals surface area contributed by atoms with Crippen LogP contribution >= 0.6 is 0 Å². The largest absolute Gasteiger partial charge is 0.490 e. The molecule has 0 saturated carbocycles. The zero-order chi connectivity index (χ0) is 29.3. The molecule has 0 aliphatic carbocycles. The Hall–Kier alpha value is -2.42. The van der Waals surface area contributed by atoms with E-state index in [4.69, 9.17) is 4.74 Å². The third kappa shape index (κ3) is 7.07. The first-order chi connectivity index (χ1) is 18.6. The molecule has 1 spiro atoms. The Labute approximate surface area is 224 Å². The Morgan fingerprint density at radius 1 is 0.950 bits per heavy atom. The summed E-state index contributed by atoms with van der Waals surface area (Å²) in [5, 5.41) is 3.17. The van der Waals surface area contributed by atoms with Crippen molar-refractivity contribution >= 4 is 6.09 Å². The van der Waals surface area contributed by atoms with Gasteiger partial charge in [-0.3, -0.25) is 4.90 Å². The highest BCUT2D eigenvalue weighted by Gasteiger charge is 2.60. The maximum absolute atomic E-state index is 13.4. The number of carbonyl (C=O) groups excluding carboxylic acids is 1. The van der Waals surface area contributed by atoms with Crippen LogP contribution < -0.4 is 10.1 Å². The summed E-state index contributed by atoms with van der Waals surface area (Å²) in [4.78, 5) is 15.1. The number of piperidine rings is 2. The van der Waals surface area contributed by atoms with Crippen molar-refractivity contribution < 1.29 is 53.8 Å². The van der Waals surface area contributed by atoms with Gasteiger partial charge in [-0.05, 0) is 70.3 Å². The number of nitrogens with one attached hydrogen (secondary N) is 1. The Morgan fingerprint density at radius 3 is 2.15 bits per heavy atom. The van der Waals surface area contributed by atoms with Crippen LogP contribution in [0.5, 0.6) is 5.75 Å². The van der Waals surface area contributed by atoms with Crippen LogP contribution in [0.4, 0.5) is 44.3 Å². The van der Waals surface area contributed by atoms with Gasteiger partial charge in [-0.2, -0.15) is 39.5 Å². The number of carbonyl (C=O) groups is 1. The molecular formula is C25H30F9N3O3. The van der Waals surface area contributed by atoms with Crippen molar-refractivity contribution in [2.45, 2.75) is 81.3 Å². The van der Waals surface area contributed by atoms with E-state index in [0.29, 0.717) is 44.5 Å². The third-order valence-electron chi connectivity index (χ3n) is 7.84. The molecule has 0 aromatic heterocycles. The van der Waals surface area contributed by atoms with Gasteiger partial charge in [0.1, 0.15) is 11.9 Å². The van der Waals surface area contributed by atoms with Crippen molar-refractivity contribution in [3.05, 3.63) is 29.3 Å². The SMILES string of the molecule is O=C(OC(C(F)(F)F)C(F)(F)F)N1CCC2(CCCN2Cc2ccc(C(F)(F)F)cc2OC2CCNCC2)CC1. The Kier molecular flexibility index (Phi) is 8.75. The second kappa shape index (κ2) is 11.5. The first-order valence-corrected chi connectivity index (χ1v) is 13.0. The van der Waals surface area contributed by atoms with Crippen molar-refractivity contribution in [3.63, 3.8) is 0 Å². The quantitative estimate of drug-likeness (QED) is 0.433. The molecule has 15 heteroatoms. The highest BCUT2D eigenvalue weighted by Crippen LogP contribution is 2.42. The Balaban J connectivity index is 1.45. The molecule has 0 bridgehead atoms. The summed E-state index contributed by atoms with van der Waals surface area (Å²) in [7, 11) is 0. The lowest BCUT2D eigenvalue weighted by Crippen LogP contribution is -2.54. The molecule has 0 radical (unpaired) electrons. The maximum atomic E-state index is 13.4. The number of alkyl halides is 9. The molecule has 6 nitrogen and oxygen atoms in total. The molecule has 3 aliphatic rings. The van der Waals surface area contributed by atoms with Crippen LogP contribution in [0.25, 0.3) is 0 Å². The van der Waals surface area contributed by atoms with E-state index in [2.05, 4.69) is 15.0 Å². The second-order valence-electron chi connectivity index (χ2n) is 10.5. The van der Waals surface area contributed by atoms with Crippen molar-refractivity contribution in [2.75, 3.05) is 32.7 Å². The average molecular weight is 592 g/mol. The molecule has 3 aliphatic heterocycles. The van der Waals surface area contributed by atoms with Crippen LogP contribution in [0.15, 0.2) is 18.2 Å². The van der Waals surface area contributed by atoms with Gasteiger partial charge in [-0.25, -0.2) is 4.79 Å². The lowest BCUT2D eigenvalue weighted by atomic mass is 9.84. The van der Waals surface area contributed by atoms with Crippen molar-refractivity contribution in [2.24, 2.45) is 0 Å². The minimum absolute atomic E-state index is 0.122.